The Morgan fingerprint density at radius 2 is 1.90 bits per heavy atom. The molecule has 20 heavy (non-hydrogen) atoms. The maximum Gasteiger partial charge on any atom is 0.410 e. The van der Waals surface area contributed by atoms with Crippen LogP contribution in [-0.4, -0.2) is 47.8 Å². The van der Waals surface area contributed by atoms with Crippen LogP contribution < -0.4 is 5.32 Å². The molecule has 1 aliphatic rings. The summed E-state index contributed by atoms with van der Waals surface area (Å²) in [6.45, 7) is 5.70. The highest BCUT2D eigenvalue weighted by Gasteiger charge is 2.34. The van der Waals surface area contributed by atoms with Gasteiger partial charge in [-0.3, -0.25) is 4.79 Å². The summed E-state index contributed by atoms with van der Waals surface area (Å²) in [5.41, 5.74) is -0.630. The number of carbonyl (C=O) groups is 2. The summed E-state index contributed by atoms with van der Waals surface area (Å²) >= 11 is 0. The number of ether oxygens (including phenoxy) is 1. The molecular formula is C12H19F3N2O3. The van der Waals surface area contributed by atoms with E-state index in [9.17, 15) is 22.8 Å². The molecule has 1 rings (SSSR count). The van der Waals surface area contributed by atoms with Crippen molar-refractivity contribution >= 4 is 12.0 Å². The fourth-order valence-electron chi connectivity index (χ4n) is 1.83. The molecule has 0 aromatic heterocycles. The fraction of sp³-hybridized carbons (Fsp3) is 0.833. The van der Waals surface area contributed by atoms with E-state index in [-0.39, 0.29) is 6.54 Å². The average molecular weight is 296 g/mol. The minimum Gasteiger partial charge on any atom is -0.444 e. The number of hydrogen-bond acceptors (Lipinski definition) is 3. The summed E-state index contributed by atoms with van der Waals surface area (Å²) in [4.78, 5) is 24.3. The molecule has 1 N–H and O–H groups in total. The van der Waals surface area contributed by atoms with Crippen LogP contribution in [0.3, 0.4) is 0 Å². The normalized spacial score (nSPS) is 19.9. The fourth-order valence-corrected chi connectivity index (χ4v) is 1.83. The summed E-state index contributed by atoms with van der Waals surface area (Å²) in [5.74, 6) is -1.08. The first kappa shape index (κ1) is 16.6. The van der Waals surface area contributed by atoms with Gasteiger partial charge in [-0.2, -0.15) is 13.2 Å². The van der Waals surface area contributed by atoms with E-state index in [0.29, 0.717) is 13.0 Å². The Morgan fingerprint density at radius 1 is 1.30 bits per heavy atom. The Kier molecular flexibility index (Phi) is 4.88. The maximum atomic E-state index is 12.0. The third-order valence-electron chi connectivity index (χ3n) is 2.57. The number of amides is 2. The average Bonchev–Trinajstić information content (AvgIpc) is 2.59. The van der Waals surface area contributed by atoms with E-state index < -0.39 is 36.2 Å². The lowest BCUT2D eigenvalue weighted by molar-refractivity contribution is -0.154. The van der Waals surface area contributed by atoms with Crippen LogP contribution in [0.15, 0.2) is 0 Å². The van der Waals surface area contributed by atoms with Crippen molar-refractivity contribution in [3.8, 4) is 0 Å². The standard InChI is InChI=1S/C12H19F3N2O3/c1-11(2,3)20-10(19)17-5-4-8(7-17)16-9(18)6-12(13,14)15/h8H,4-7H2,1-3H3,(H,16,18)/t8-/m0/s1. The third-order valence-corrected chi connectivity index (χ3v) is 2.57. The molecule has 0 spiro atoms. The first-order valence-electron chi connectivity index (χ1n) is 6.30. The van der Waals surface area contributed by atoms with E-state index in [1.807, 2.05) is 0 Å². The second kappa shape index (κ2) is 5.88. The van der Waals surface area contributed by atoms with Gasteiger partial charge in [0.1, 0.15) is 12.0 Å². The molecule has 2 amide bonds. The van der Waals surface area contributed by atoms with Gasteiger partial charge in [0.2, 0.25) is 5.91 Å². The van der Waals surface area contributed by atoms with Gasteiger partial charge < -0.3 is 15.0 Å². The molecule has 116 valence electrons. The number of carbonyl (C=O) groups excluding carboxylic acids is 2. The summed E-state index contributed by atoms with van der Waals surface area (Å²) in [5, 5.41) is 2.27. The Labute approximate surface area is 115 Å². The van der Waals surface area contributed by atoms with Crippen LogP contribution in [0.1, 0.15) is 33.6 Å². The van der Waals surface area contributed by atoms with Crippen LogP contribution >= 0.6 is 0 Å². The zero-order valence-electron chi connectivity index (χ0n) is 11.7. The summed E-state index contributed by atoms with van der Waals surface area (Å²) in [7, 11) is 0. The van der Waals surface area contributed by atoms with Gasteiger partial charge >= 0.3 is 12.3 Å². The topological polar surface area (TPSA) is 58.6 Å². The number of halogens is 3. The molecule has 0 unspecified atom stereocenters. The van der Waals surface area contributed by atoms with Gasteiger partial charge in [0.15, 0.2) is 0 Å². The molecular weight excluding hydrogens is 277 g/mol. The molecule has 8 heteroatoms. The van der Waals surface area contributed by atoms with Gasteiger partial charge in [-0.25, -0.2) is 4.79 Å². The van der Waals surface area contributed by atoms with E-state index in [1.165, 1.54) is 4.90 Å². The number of alkyl halides is 3. The monoisotopic (exact) mass is 296 g/mol. The van der Waals surface area contributed by atoms with E-state index in [4.69, 9.17) is 4.74 Å². The first-order chi connectivity index (χ1) is 8.96. The van der Waals surface area contributed by atoms with Gasteiger partial charge in [0, 0.05) is 19.1 Å². The van der Waals surface area contributed by atoms with E-state index in [1.54, 1.807) is 20.8 Å². The number of rotatable bonds is 2. The van der Waals surface area contributed by atoms with Crippen LogP contribution in [0, 0.1) is 0 Å². The highest BCUT2D eigenvalue weighted by atomic mass is 19.4. The molecule has 0 aromatic rings. The van der Waals surface area contributed by atoms with Crippen molar-refractivity contribution in [3.63, 3.8) is 0 Å². The number of nitrogens with zero attached hydrogens (tertiary/aromatic N) is 1. The quantitative estimate of drug-likeness (QED) is 0.848. The van der Waals surface area contributed by atoms with Crippen LogP contribution in [0.2, 0.25) is 0 Å². The molecule has 1 atom stereocenters. The van der Waals surface area contributed by atoms with Crippen molar-refractivity contribution < 1.29 is 27.5 Å². The van der Waals surface area contributed by atoms with Crippen molar-refractivity contribution in [2.75, 3.05) is 13.1 Å². The van der Waals surface area contributed by atoms with Crippen LogP contribution in [0.4, 0.5) is 18.0 Å². The zero-order valence-corrected chi connectivity index (χ0v) is 11.7. The van der Waals surface area contributed by atoms with Crippen molar-refractivity contribution in [1.82, 2.24) is 10.2 Å². The maximum absolute atomic E-state index is 12.0. The Balaban J connectivity index is 2.40. The first-order valence-corrected chi connectivity index (χ1v) is 6.30. The minimum atomic E-state index is -4.52. The largest absolute Gasteiger partial charge is 0.444 e. The van der Waals surface area contributed by atoms with Crippen molar-refractivity contribution in [3.05, 3.63) is 0 Å². The number of nitrogens with one attached hydrogen (secondary N) is 1. The Morgan fingerprint density at radius 3 is 2.40 bits per heavy atom. The molecule has 0 saturated carbocycles. The molecule has 1 saturated heterocycles. The summed E-state index contributed by atoms with van der Waals surface area (Å²) in [6.07, 6.45) is -6.13. The van der Waals surface area contributed by atoms with E-state index in [2.05, 4.69) is 5.32 Å². The minimum absolute atomic E-state index is 0.165. The van der Waals surface area contributed by atoms with Crippen LogP contribution in [-0.2, 0) is 9.53 Å². The molecule has 1 aliphatic heterocycles. The smallest absolute Gasteiger partial charge is 0.410 e. The van der Waals surface area contributed by atoms with Gasteiger partial charge in [-0.15, -0.1) is 0 Å². The van der Waals surface area contributed by atoms with Gasteiger partial charge in [0.05, 0.1) is 0 Å². The molecule has 0 aromatic carbocycles. The van der Waals surface area contributed by atoms with Crippen molar-refractivity contribution in [2.24, 2.45) is 0 Å². The second-order valence-corrected chi connectivity index (χ2v) is 5.77. The molecule has 0 bridgehead atoms. The molecule has 1 heterocycles. The van der Waals surface area contributed by atoms with Crippen LogP contribution in [0.25, 0.3) is 0 Å². The molecule has 5 nitrogen and oxygen atoms in total. The highest BCUT2D eigenvalue weighted by molar-refractivity contribution is 5.77. The van der Waals surface area contributed by atoms with Gasteiger partial charge in [-0.05, 0) is 27.2 Å². The van der Waals surface area contributed by atoms with E-state index >= 15 is 0 Å². The zero-order chi connectivity index (χ0) is 15.6. The summed E-state index contributed by atoms with van der Waals surface area (Å²) in [6, 6.07) is -0.461. The van der Waals surface area contributed by atoms with Crippen LogP contribution in [0.5, 0.6) is 0 Å². The Bertz CT molecular complexity index is 377. The highest BCUT2D eigenvalue weighted by Crippen LogP contribution is 2.20. The van der Waals surface area contributed by atoms with Crippen molar-refractivity contribution in [1.29, 1.82) is 0 Å². The Hall–Kier alpha value is -1.47. The SMILES string of the molecule is CC(C)(C)OC(=O)N1CC[C@H](NC(=O)CC(F)(F)F)C1. The lowest BCUT2D eigenvalue weighted by atomic mass is 10.2. The summed E-state index contributed by atoms with van der Waals surface area (Å²) < 4.78 is 41.2. The third kappa shape index (κ3) is 6.12. The molecule has 1 fully saturated rings. The predicted octanol–water partition coefficient (Wildman–Crippen LogP) is 2.06. The molecule has 0 aliphatic carbocycles. The van der Waals surface area contributed by atoms with Gasteiger partial charge in [0.25, 0.3) is 0 Å². The lowest BCUT2D eigenvalue weighted by Crippen LogP contribution is -2.41. The molecule has 0 radical (unpaired) electrons. The lowest BCUT2D eigenvalue weighted by Gasteiger charge is -2.24. The second-order valence-electron chi connectivity index (χ2n) is 5.77. The number of hydrogen-bond donors (Lipinski definition) is 1. The van der Waals surface area contributed by atoms with Crippen molar-refractivity contribution in [2.45, 2.75) is 51.4 Å². The number of likely N-dealkylation sites (tertiary alicyclic amines) is 1. The van der Waals surface area contributed by atoms with E-state index in [0.717, 1.165) is 0 Å². The predicted molar refractivity (Wildman–Crippen MR) is 65.0 cm³/mol. The van der Waals surface area contributed by atoms with Gasteiger partial charge in [-0.1, -0.05) is 0 Å².